The van der Waals surface area contributed by atoms with E-state index in [1.807, 2.05) is 0 Å². The quantitative estimate of drug-likeness (QED) is 0.107. The predicted molar refractivity (Wildman–Crippen MR) is 84.9 cm³/mol. The molecule has 0 radical (unpaired) electrons. The molecule has 1 aliphatic rings. The number of rotatable bonds is 2. The summed E-state index contributed by atoms with van der Waals surface area (Å²) in [5.74, 6) is -14.8. The van der Waals surface area contributed by atoms with Gasteiger partial charge in [0.25, 0.3) is 20.2 Å². The number of hydrogen-bond acceptors (Lipinski definition) is 12. The Morgan fingerprint density at radius 2 is 0.781 bits per heavy atom. The van der Waals surface area contributed by atoms with Gasteiger partial charge in [0.2, 0.25) is 0 Å². The van der Waals surface area contributed by atoms with E-state index in [4.69, 9.17) is 9.11 Å². The van der Waals surface area contributed by atoms with Gasteiger partial charge in [-0.15, -0.1) is 0 Å². The summed E-state index contributed by atoms with van der Waals surface area (Å²) in [6.07, 6.45) is 0. The molecule has 0 aromatic heterocycles. The number of ketones is 2. The van der Waals surface area contributed by atoms with Gasteiger partial charge in [0.1, 0.15) is 9.79 Å². The van der Waals surface area contributed by atoms with Crippen LogP contribution in [0.25, 0.3) is 0 Å². The summed E-state index contributed by atoms with van der Waals surface area (Å²) < 4.78 is 63.5. The molecule has 0 spiro atoms. The summed E-state index contributed by atoms with van der Waals surface area (Å²) >= 11 is 0. The van der Waals surface area contributed by atoms with Crippen LogP contribution in [-0.4, -0.2) is 57.9 Å². The number of hydrogen-bond donors (Lipinski definition) is 6. The average Bonchev–Trinajstić information content (AvgIpc) is 2.56. The van der Waals surface area contributed by atoms with E-state index in [0.29, 0.717) is 0 Å². The standard InChI is InChI=1S/C14H8O14S2.2Na/c15-5-1-3(9(19)13(29(23,24)25)11(21)7(1)17)6(16)2-4(5)10(20)14(30(26,27)28)12(22)8(2)18;;/h17-22H,(H,23,24,25)(H,26,27,28);;/q;2*+1/p-2. The van der Waals surface area contributed by atoms with Gasteiger partial charge in [-0.05, 0) is 0 Å². The van der Waals surface area contributed by atoms with E-state index in [1.54, 1.807) is 0 Å². The SMILES string of the molecule is O=C1c2c([O-])c(S(=O)(=O)O)c(O)c(O)c2C(=O)c2c([O-])c(S(=O)(=O)O)c(O)c(O)c21.[Na+].[Na+]. The van der Waals surface area contributed by atoms with Gasteiger partial charge >= 0.3 is 59.1 Å². The maximum absolute atomic E-state index is 12.7. The minimum Gasteiger partial charge on any atom is -0.871 e. The molecule has 0 atom stereocenters. The molecule has 2 aromatic carbocycles. The van der Waals surface area contributed by atoms with Gasteiger partial charge in [0, 0.05) is 11.1 Å². The number of carbonyl (C=O) groups is 2. The summed E-state index contributed by atoms with van der Waals surface area (Å²) in [6.45, 7) is 0. The maximum Gasteiger partial charge on any atom is 1.00 e. The molecule has 0 amide bonds. The Morgan fingerprint density at radius 3 is 1.00 bits per heavy atom. The monoisotopic (exact) mass is 508 g/mol. The van der Waals surface area contributed by atoms with Crippen molar-refractivity contribution in [2.75, 3.05) is 0 Å². The molecule has 0 bridgehead atoms. The van der Waals surface area contributed by atoms with Crippen molar-refractivity contribution in [2.45, 2.75) is 9.79 Å². The Bertz CT molecular complexity index is 1320. The van der Waals surface area contributed by atoms with E-state index in [2.05, 4.69) is 0 Å². The first kappa shape index (κ1) is 28.4. The number of phenolic OH excluding ortho intramolecular Hbond substituents is 4. The normalized spacial score (nSPS) is 12.9. The van der Waals surface area contributed by atoms with Crippen molar-refractivity contribution in [3.63, 3.8) is 0 Å². The van der Waals surface area contributed by atoms with E-state index < -0.39 is 98.3 Å². The number of benzene rings is 2. The van der Waals surface area contributed by atoms with Crippen LogP contribution in [0.1, 0.15) is 31.8 Å². The number of phenols is 4. The van der Waals surface area contributed by atoms with Crippen molar-refractivity contribution in [3.05, 3.63) is 22.3 Å². The van der Waals surface area contributed by atoms with Gasteiger partial charge in [0.05, 0.1) is 11.1 Å². The van der Waals surface area contributed by atoms with Crippen LogP contribution in [-0.2, 0) is 20.2 Å². The molecule has 32 heavy (non-hydrogen) atoms. The zero-order chi connectivity index (χ0) is 23.1. The molecule has 0 heterocycles. The first-order valence-corrected chi connectivity index (χ1v) is 10.0. The van der Waals surface area contributed by atoms with Crippen molar-refractivity contribution in [1.82, 2.24) is 0 Å². The summed E-state index contributed by atoms with van der Waals surface area (Å²) in [6, 6.07) is 0. The molecule has 160 valence electrons. The molecule has 2 aromatic rings. The second-order valence-corrected chi connectivity index (χ2v) is 8.54. The van der Waals surface area contributed by atoms with Gasteiger partial charge in [-0.25, -0.2) is 0 Å². The number of fused-ring (bicyclic) bond motifs is 2. The van der Waals surface area contributed by atoms with Crippen LogP contribution >= 0.6 is 0 Å². The van der Waals surface area contributed by atoms with Gasteiger partial charge in [-0.2, -0.15) is 16.8 Å². The van der Waals surface area contributed by atoms with Gasteiger partial charge in [-0.3, -0.25) is 18.7 Å². The third kappa shape index (κ3) is 3.85. The Kier molecular flexibility index (Phi) is 7.67. The van der Waals surface area contributed by atoms with Crippen molar-refractivity contribution >= 4 is 31.8 Å². The van der Waals surface area contributed by atoms with Gasteiger partial charge in [0.15, 0.2) is 34.6 Å². The van der Waals surface area contributed by atoms with Crippen LogP contribution in [0.4, 0.5) is 0 Å². The molecular formula is C14H6Na2O14S2. The Hall–Kier alpha value is -1.60. The fourth-order valence-corrected chi connectivity index (χ4v) is 4.32. The number of aromatic hydroxyl groups is 4. The van der Waals surface area contributed by atoms with E-state index >= 15 is 0 Å². The fourth-order valence-electron chi connectivity index (χ4n) is 2.96. The van der Waals surface area contributed by atoms with Gasteiger partial charge < -0.3 is 30.6 Å². The van der Waals surface area contributed by atoms with E-state index in [0.717, 1.165) is 0 Å². The van der Waals surface area contributed by atoms with Crippen LogP contribution in [0.5, 0.6) is 34.5 Å². The molecular weight excluding hydrogens is 502 g/mol. The largest absolute Gasteiger partial charge is 1.00 e. The van der Waals surface area contributed by atoms with Crippen molar-refractivity contribution in [1.29, 1.82) is 0 Å². The fraction of sp³-hybridized carbons (Fsp3) is 0. The molecule has 14 nitrogen and oxygen atoms in total. The molecule has 3 rings (SSSR count). The van der Waals surface area contributed by atoms with Crippen LogP contribution in [0.3, 0.4) is 0 Å². The van der Waals surface area contributed by atoms with Crippen LogP contribution in [0, 0.1) is 0 Å². The Labute approximate surface area is 221 Å². The molecule has 0 saturated carbocycles. The van der Waals surface area contributed by atoms with Crippen molar-refractivity contribution in [2.24, 2.45) is 0 Å². The first-order chi connectivity index (χ1) is 13.5. The summed E-state index contributed by atoms with van der Waals surface area (Å²) in [5, 5.41) is 64.1. The zero-order valence-electron chi connectivity index (χ0n) is 15.8. The molecule has 0 unspecified atom stereocenters. The zero-order valence-corrected chi connectivity index (χ0v) is 21.4. The Morgan fingerprint density at radius 1 is 0.531 bits per heavy atom. The first-order valence-electron chi connectivity index (χ1n) is 7.15. The van der Waals surface area contributed by atoms with Crippen LogP contribution < -0.4 is 69.3 Å². The predicted octanol–water partition coefficient (Wildman–Crippen LogP) is -8.07. The second-order valence-electron chi connectivity index (χ2n) is 5.82. The molecule has 0 saturated heterocycles. The molecule has 1 aliphatic carbocycles. The number of carbonyl (C=O) groups excluding carboxylic acids is 2. The summed E-state index contributed by atoms with van der Waals surface area (Å²) in [7, 11) is -11.1. The summed E-state index contributed by atoms with van der Waals surface area (Å²) in [4.78, 5) is 21.5. The van der Waals surface area contributed by atoms with E-state index in [-0.39, 0.29) is 59.1 Å². The molecule has 18 heteroatoms. The third-order valence-electron chi connectivity index (χ3n) is 4.14. The average molecular weight is 508 g/mol. The van der Waals surface area contributed by atoms with E-state index in [9.17, 15) is 57.1 Å². The Balaban J connectivity index is 0.00000256. The summed E-state index contributed by atoms with van der Waals surface area (Å²) in [5.41, 5.74) is -5.90. The molecule has 0 fully saturated rings. The topological polar surface area (TPSA) is 270 Å². The smallest absolute Gasteiger partial charge is 0.871 e. The van der Waals surface area contributed by atoms with E-state index in [1.165, 1.54) is 0 Å². The molecule has 0 aliphatic heterocycles. The third-order valence-corrected chi connectivity index (χ3v) is 5.93. The molecule has 6 N–H and O–H groups in total. The van der Waals surface area contributed by atoms with Crippen molar-refractivity contribution < 1.29 is 125 Å². The van der Waals surface area contributed by atoms with Crippen LogP contribution in [0.2, 0.25) is 0 Å². The minimum absolute atomic E-state index is 0. The maximum atomic E-state index is 12.7. The van der Waals surface area contributed by atoms with Crippen LogP contribution in [0.15, 0.2) is 9.79 Å². The van der Waals surface area contributed by atoms with Gasteiger partial charge in [-0.1, -0.05) is 11.5 Å². The minimum atomic E-state index is -5.56. The second kappa shape index (κ2) is 8.64. The van der Waals surface area contributed by atoms with Crippen molar-refractivity contribution in [3.8, 4) is 34.5 Å².